The maximum absolute atomic E-state index is 9.55. The second-order valence-corrected chi connectivity index (χ2v) is 5.46. The molecule has 16 heavy (non-hydrogen) atoms. The Kier molecular flexibility index (Phi) is 2.89. The Bertz CT molecular complexity index is 374. The first-order valence-electron chi connectivity index (χ1n) is 5.87. The highest BCUT2D eigenvalue weighted by Gasteiger charge is 2.29. The number of pyridine rings is 1. The number of nitrogens with zero attached hydrogens (tertiary/aromatic N) is 2. The van der Waals surface area contributed by atoms with Gasteiger partial charge in [0.05, 0.1) is 6.10 Å². The van der Waals surface area contributed by atoms with Gasteiger partial charge in [0.15, 0.2) is 0 Å². The zero-order valence-electron chi connectivity index (χ0n) is 10.3. The molecule has 1 saturated heterocycles. The summed E-state index contributed by atoms with van der Waals surface area (Å²) in [7, 11) is 0. The van der Waals surface area contributed by atoms with E-state index < -0.39 is 6.10 Å². The largest absolute Gasteiger partial charge is 0.389 e. The van der Waals surface area contributed by atoms with Crippen molar-refractivity contribution < 1.29 is 5.11 Å². The lowest BCUT2D eigenvalue weighted by molar-refractivity contribution is 0.199. The number of hydrogen-bond acceptors (Lipinski definition) is 3. The third-order valence-electron chi connectivity index (χ3n) is 3.25. The van der Waals surface area contributed by atoms with E-state index in [1.54, 1.807) is 13.1 Å². The Hall–Kier alpha value is -1.09. The third kappa shape index (κ3) is 2.35. The van der Waals surface area contributed by atoms with Gasteiger partial charge in [-0.25, -0.2) is 4.98 Å². The molecule has 1 N–H and O–H groups in total. The van der Waals surface area contributed by atoms with Crippen molar-refractivity contribution in [2.24, 2.45) is 5.41 Å². The van der Waals surface area contributed by atoms with E-state index >= 15 is 0 Å². The molecule has 2 heterocycles. The molecular weight excluding hydrogens is 200 g/mol. The van der Waals surface area contributed by atoms with Crippen LogP contribution in [0, 0.1) is 5.41 Å². The first-order valence-corrected chi connectivity index (χ1v) is 5.87. The minimum Gasteiger partial charge on any atom is -0.389 e. The molecule has 2 rings (SSSR count). The van der Waals surface area contributed by atoms with Crippen LogP contribution in [0.15, 0.2) is 18.3 Å². The van der Waals surface area contributed by atoms with Crippen molar-refractivity contribution in [3.8, 4) is 0 Å². The molecule has 3 heteroatoms. The summed E-state index contributed by atoms with van der Waals surface area (Å²) < 4.78 is 0. The number of aliphatic hydroxyl groups is 1. The number of aromatic nitrogens is 1. The lowest BCUT2D eigenvalue weighted by Gasteiger charge is -2.21. The van der Waals surface area contributed by atoms with Gasteiger partial charge in [0.1, 0.15) is 5.82 Å². The van der Waals surface area contributed by atoms with Crippen molar-refractivity contribution in [2.45, 2.75) is 33.3 Å². The first kappa shape index (κ1) is 11.4. The molecule has 0 aromatic carbocycles. The molecule has 1 aromatic rings. The maximum Gasteiger partial charge on any atom is 0.128 e. The summed E-state index contributed by atoms with van der Waals surface area (Å²) in [6.07, 6.45) is 2.56. The van der Waals surface area contributed by atoms with E-state index in [-0.39, 0.29) is 0 Å². The molecule has 1 aliphatic heterocycles. The molecule has 0 aliphatic carbocycles. The molecule has 1 atom stereocenters. The van der Waals surface area contributed by atoms with Crippen LogP contribution in [0.5, 0.6) is 0 Å². The summed E-state index contributed by atoms with van der Waals surface area (Å²) in [5, 5.41) is 9.55. The molecule has 88 valence electrons. The molecule has 0 bridgehead atoms. The van der Waals surface area contributed by atoms with E-state index in [1.807, 2.05) is 12.1 Å². The standard InChI is InChI=1S/C13H20N2O/c1-10(16)11-4-6-14-12(8-11)15-7-5-13(2,3)9-15/h4,6,8,10,16H,5,7,9H2,1-3H3/t10-/m0/s1. The average Bonchev–Trinajstić information content (AvgIpc) is 2.59. The van der Waals surface area contributed by atoms with Crippen LogP contribution >= 0.6 is 0 Å². The lowest BCUT2D eigenvalue weighted by atomic mass is 9.93. The quantitative estimate of drug-likeness (QED) is 0.831. The third-order valence-corrected chi connectivity index (χ3v) is 3.25. The van der Waals surface area contributed by atoms with Crippen LogP contribution < -0.4 is 4.90 Å². The van der Waals surface area contributed by atoms with Gasteiger partial charge in [-0.1, -0.05) is 13.8 Å². The predicted molar refractivity (Wildman–Crippen MR) is 65.5 cm³/mol. The van der Waals surface area contributed by atoms with Gasteiger partial charge >= 0.3 is 0 Å². The summed E-state index contributed by atoms with van der Waals surface area (Å²) >= 11 is 0. The van der Waals surface area contributed by atoms with Crippen molar-refractivity contribution in [3.63, 3.8) is 0 Å². The first-order chi connectivity index (χ1) is 7.48. The van der Waals surface area contributed by atoms with Crippen LogP contribution in [0.3, 0.4) is 0 Å². The van der Waals surface area contributed by atoms with Gasteiger partial charge in [-0.2, -0.15) is 0 Å². The van der Waals surface area contributed by atoms with Crippen molar-refractivity contribution in [3.05, 3.63) is 23.9 Å². The number of aliphatic hydroxyl groups excluding tert-OH is 1. The van der Waals surface area contributed by atoms with Gasteiger partial charge in [0.25, 0.3) is 0 Å². The Morgan fingerprint density at radius 3 is 2.81 bits per heavy atom. The Labute approximate surface area is 97.1 Å². The fraction of sp³-hybridized carbons (Fsp3) is 0.615. The zero-order chi connectivity index (χ0) is 11.8. The Morgan fingerprint density at radius 2 is 2.25 bits per heavy atom. The van der Waals surface area contributed by atoms with Crippen molar-refractivity contribution in [1.82, 2.24) is 4.98 Å². The van der Waals surface area contributed by atoms with Gasteiger partial charge in [0, 0.05) is 19.3 Å². The number of anilines is 1. The van der Waals surface area contributed by atoms with E-state index in [9.17, 15) is 5.11 Å². The molecule has 1 aliphatic rings. The van der Waals surface area contributed by atoms with E-state index in [1.165, 1.54) is 6.42 Å². The highest BCUT2D eigenvalue weighted by atomic mass is 16.3. The fourth-order valence-corrected chi connectivity index (χ4v) is 2.17. The van der Waals surface area contributed by atoms with Crippen molar-refractivity contribution in [1.29, 1.82) is 0 Å². The van der Waals surface area contributed by atoms with Crippen LogP contribution in [-0.2, 0) is 0 Å². The van der Waals surface area contributed by atoms with Crippen LogP contribution in [0.25, 0.3) is 0 Å². The van der Waals surface area contributed by atoms with Crippen LogP contribution in [0.1, 0.15) is 38.9 Å². The second kappa shape index (κ2) is 4.06. The van der Waals surface area contributed by atoms with E-state index in [2.05, 4.69) is 23.7 Å². The topological polar surface area (TPSA) is 36.4 Å². The maximum atomic E-state index is 9.55. The van der Waals surface area contributed by atoms with Gasteiger partial charge in [-0.3, -0.25) is 0 Å². The lowest BCUT2D eigenvalue weighted by Crippen LogP contribution is -2.23. The average molecular weight is 220 g/mol. The number of hydrogen-bond donors (Lipinski definition) is 1. The molecule has 0 saturated carbocycles. The van der Waals surface area contributed by atoms with Gasteiger partial charge < -0.3 is 10.0 Å². The highest BCUT2D eigenvalue weighted by molar-refractivity contribution is 5.43. The summed E-state index contributed by atoms with van der Waals surface area (Å²) in [5.74, 6) is 0.990. The monoisotopic (exact) mass is 220 g/mol. The van der Waals surface area contributed by atoms with Crippen LogP contribution in [-0.4, -0.2) is 23.2 Å². The minimum atomic E-state index is -0.419. The van der Waals surface area contributed by atoms with E-state index in [4.69, 9.17) is 0 Å². The van der Waals surface area contributed by atoms with E-state index in [0.717, 1.165) is 24.5 Å². The predicted octanol–water partition coefficient (Wildman–Crippen LogP) is 2.37. The molecule has 3 nitrogen and oxygen atoms in total. The van der Waals surface area contributed by atoms with Crippen LogP contribution in [0.2, 0.25) is 0 Å². The second-order valence-electron chi connectivity index (χ2n) is 5.46. The SMILES string of the molecule is C[C@H](O)c1ccnc(N2CCC(C)(C)C2)c1. The zero-order valence-corrected chi connectivity index (χ0v) is 10.3. The van der Waals surface area contributed by atoms with Gasteiger partial charge in [-0.05, 0) is 36.5 Å². The Morgan fingerprint density at radius 1 is 1.50 bits per heavy atom. The molecule has 0 amide bonds. The highest BCUT2D eigenvalue weighted by Crippen LogP contribution is 2.32. The summed E-state index contributed by atoms with van der Waals surface area (Å²) in [6.45, 7) is 8.45. The summed E-state index contributed by atoms with van der Waals surface area (Å²) in [5.41, 5.74) is 1.32. The van der Waals surface area contributed by atoms with Crippen LogP contribution in [0.4, 0.5) is 5.82 Å². The summed E-state index contributed by atoms with van der Waals surface area (Å²) in [6, 6.07) is 3.86. The molecule has 0 radical (unpaired) electrons. The molecular formula is C13H20N2O. The van der Waals surface area contributed by atoms with Gasteiger partial charge in [0.2, 0.25) is 0 Å². The number of rotatable bonds is 2. The Balaban J connectivity index is 2.19. The van der Waals surface area contributed by atoms with Crippen molar-refractivity contribution >= 4 is 5.82 Å². The van der Waals surface area contributed by atoms with Crippen molar-refractivity contribution in [2.75, 3.05) is 18.0 Å². The van der Waals surface area contributed by atoms with E-state index in [0.29, 0.717) is 5.41 Å². The molecule has 1 aromatic heterocycles. The molecule has 0 unspecified atom stereocenters. The fourth-order valence-electron chi connectivity index (χ4n) is 2.17. The van der Waals surface area contributed by atoms with Gasteiger partial charge in [-0.15, -0.1) is 0 Å². The smallest absolute Gasteiger partial charge is 0.128 e. The normalized spacial score (nSPS) is 21.1. The molecule has 1 fully saturated rings. The summed E-state index contributed by atoms with van der Waals surface area (Å²) in [4.78, 5) is 6.68. The molecule has 0 spiro atoms. The minimum absolute atomic E-state index is 0.377.